The summed E-state index contributed by atoms with van der Waals surface area (Å²) in [6.07, 6.45) is 0. The van der Waals surface area contributed by atoms with E-state index in [0.717, 1.165) is 11.0 Å². The Kier molecular flexibility index (Phi) is 4.59. The number of carbonyl (C=O) groups excluding carboxylic acids is 1. The first kappa shape index (κ1) is 17.2. The van der Waals surface area contributed by atoms with Crippen LogP contribution < -0.4 is 14.8 Å². The second kappa shape index (κ2) is 7.20. The average molecular weight is 383 g/mol. The number of amides is 1. The second-order valence-corrected chi connectivity index (χ2v) is 6.65. The van der Waals surface area contributed by atoms with Crippen molar-refractivity contribution >= 4 is 40.2 Å². The fourth-order valence-electron chi connectivity index (χ4n) is 2.75. The minimum Gasteiger partial charge on any atom is -0.497 e. The number of aromatic amines is 1. The molecule has 2 heterocycles. The van der Waals surface area contributed by atoms with Gasteiger partial charge in [0.1, 0.15) is 11.5 Å². The van der Waals surface area contributed by atoms with Gasteiger partial charge in [0.2, 0.25) is 11.7 Å². The van der Waals surface area contributed by atoms with Crippen LogP contribution in [0.2, 0.25) is 0 Å². The van der Waals surface area contributed by atoms with Crippen molar-refractivity contribution in [2.45, 2.75) is 5.16 Å². The maximum atomic E-state index is 12.4. The number of hydrogen-bond donors (Lipinski definition) is 2. The molecule has 2 aromatic carbocycles. The molecular formula is C18H17N5O3S. The summed E-state index contributed by atoms with van der Waals surface area (Å²) in [5, 5.41) is 10.7. The standard InChI is InChI=1S/C18H17N5O3S/c1-25-12-7-11(8-13(9-12)26-2)19-16(24)10-27-18-22-21-17-20-14-5-3-4-6-15(14)23(17)18/h3-9H,10H2,1-2H3,(H,19,24)(H,20,21). The lowest BCUT2D eigenvalue weighted by Gasteiger charge is -2.09. The number of aromatic nitrogens is 4. The Morgan fingerprint density at radius 3 is 2.67 bits per heavy atom. The zero-order valence-electron chi connectivity index (χ0n) is 14.7. The highest BCUT2D eigenvalue weighted by molar-refractivity contribution is 7.99. The topological polar surface area (TPSA) is 93.5 Å². The number of H-pyrrole nitrogens is 1. The van der Waals surface area contributed by atoms with E-state index in [2.05, 4.69) is 20.5 Å². The number of rotatable bonds is 6. The van der Waals surface area contributed by atoms with Gasteiger partial charge in [-0.3, -0.25) is 9.20 Å². The predicted molar refractivity (Wildman–Crippen MR) is 104 cm³/mol. The number of imidazole rings is 1. The van der Waals surface area contributed by atoms with Crippen molar-refractivity contribution in [3.05, 3.63) is 42.5 Å². The van der Waals surface area contributed by atoms with Crippen molar-refractivity contribution < 1.29 is 14.3 Å². The lowest BCUT2D eigenvalue weighted by Crippen LogP contribution is -2.14. The summed E-state index contributed by atoms with van der Waals surface area (Å²) in [5.41, 5.74) is 2.43. The third kappa shape index (κ3) is 3.41. The first-order valence-electron chi connectivity index (χ1n) is 8.15. The van der Waals surface area contributed by atoms with Crippen LogP contribution in [-0.4, -0.2) is 45.5 Å². The van der Waals surface area contributed by atoms with Gasteiger partial charge in [0.05, 0.1) is 31.0 Å². The lowest BCUT2D eigenvalue weighted by molar-refractivity contribution is -0.113. The second-order valence-electron chi connectivity index (χ2n) is 5.70. The summed E-state index contributed by atoms with van der Waals surface area (Å²) in [7, 11) is 3.13. The molecule has 2 N–H and O–H groups in total. The van der Waals surface area contributed by atoms with Gasteiger partial charge < -0.3 is 14.8 Å². The molecule has 1 amide bonds. The van der Waals surface area contributed by atoms with Crippen molar-refractivity contribution in [3.63, 3.8) is 0 Å². The van der Waals surface area contributed by atoms with Crippen LogP contribution in [0.3, 0.4) is 0 Å². The summed E-state index contributed by atoms with van der Waals surface area (Å²) >= 11 is 1.33. The Hall–Kier alpha value is -3.20. The number of hydrogen-bond acceptors (Lipinski definition) is 6. The Morgan fingerprint density at radius 2 is 1.93 bits per heavy atom. The first-order valence-corrected chi connectivity index (χ1v) is 9.14. The molecular weight excluding hydrogens is 366 g/mol. The van der Waals surface area contributed by atoms with Crippen molar-refractivity contribution in [2.24, 2.45) is 0 Å². The van der Waals surface area contributed by atoms with Gasteiger partial charge in [-0.1, -0.05) is 23.9 Å². The number of fused-ring (bicyclic) bond motifs is 3. The predicted octanol–water partition coefficient (Wildman–Crippen LogP) is 2.96. The maximum Gasteiger partial charge on any atom is 0.234 e. The number of benzene rings is 2. The Balaban J connectivity index is 1.49. The highest BCUT2D eigenvalue weighted by Crippen LogP contribution is 2.27. The zero-order chi connectivity index (χ0) is 18.8. The molecule has 0 unspecified atom stereocenters. The van der Waals surface area contributed by atoms with Gasteiger partial charge in [-0.2, -0.15) is 0 Å². The van der Waals surface area contributed by atoms with E-state index in [1.54, 1.807) is 32.4 Å². The summed E-state index contributed by atoms with van der Waals surface area (Å²) in [4.78, 5) is 16.8. The van der Waals surface area contributed by atoms with Gasteiger partial charge >= 0.3 is 0 Å². The van der Waals surface area contributed by atoms with Gasteiger partial charge in [0.15, 0.2) is 5.16 Å². The van der Waals surface area contributed by atoms with E-state index in [1.165, 1.54) is 11.8 Å². The van der Waals surface area contributed by atoms with Crippen molar-refractivity contribution in [1.29, 1.82) is 0 Å². The number of nitrogens with zero attached hydrogens (tertiary/aromatic N) is 3. The zero-order valence-corrected chi connectivity index (χ0v) is 15.5. The van der Waals surface area contributed by atoms with Gasteiger partial charge in [0.25, 0.3) is 0 Å². The monoisotopic (exact) mass is 383 g/mol. The van der Waals surface area contributed by atoms with E-state index < -0.39 is 0 Å². The summed E-state index contributed by atoms with van der Waals surface area (Å²) < 4.78 is 12.3. The normalized spacial score (nSPS) is 11.0. The molecule has 0 atom stereocenters. The highest BCUT2D eigenvalue weighted by Gasteiger charge is 2.14. The summed E-state index contributed by atoms with van der Waals surface area (Å²) in [6.45, 7) is 0. The molecule has 4 rings (SSSR count). The molecule has 138 valence electrons. The molecule has 0 aliphatic carbocycles. The van der Waals surface area contributed by atoms with E-state index in [0.29, 0.717) is 28.1 Å². The Bertz CT molecular complexity index is 1100. The van der Waals surface area contributed by atoms with Crippen molar-refractivity contribution in [1.82, 2.24) is 19.6 Å². The SMILES string of the molecule is COc1cc(NC(=O)CSc2n[nH]c3nc4ccccc4n23)cc(OC)c1. The van der Waals surface area contributed by atoms with Crippen LogP contribution in [-0.2, 0) is 4.79 Å². The van der Waals surface area contributed by atoms with Crippen molar-refractivity contribution in [3.8, 4) is 11.5 Å². The van der Waals surface area contributed by atoms with E-state index in [9.17, 15) is 4.79 Å². The largest absolute Gasteiger partial charge is 0.497 e. The minimum absolute atomic E-state index is 0.157. The quantitative estimate of drug-likeness (QED) is 0.497. The molecule has 2 aromatic heterocycles. The lowest BCUT2D eigenvalue weighted by atomic mass is 10.2. The molecule has 0 saturated heterocycles. The maximum absolute atomic E-state index is 12.4. The fraction of sp³-hybridized carbons (Fsp3) is 0.167. The van der Waals surface area contributed by atoms with Crippen molar-refractivity contribution in [2.75, 3.05) is 25.3 Å². The third-order valence-corrected chi connectivity index (χ3v) is 4.91. The number of ether oxygens (including phenoxy) is 2. The third-order valence-electron chi connectivity index (χ3n) is 3.97. The summed E-state index contributed by atoms with van der Waals surface area (Å²) in [6, 6.07) is 13.0. The molecule has 0 saturated carbocycles. The van der Waals surface area contributed by atoms with Crippen LogP contribution >= 0.6 is 11.8 Å². The van der Waals surface area contributed by atoms with Gasteiger partial charge in [0, 0.05) is 23.9 Å². The molecule has 0 radical (unpaired) electrons. The number of para-hydroxylation sites is 2. The van der Waals surface area contributed by atoms with E-state index in [4.69, 9.17) is 9.47 Å². The van der Waals surface area contributed by atoms with Crippen LogP contribution in [0.4, 0.5) is 5.69 Å². The van der Waals surface area contributed by atoms with Crippen LogP contribution in [0.15, 0.2) is 47.6 Å². The smallest absolute Gasteiger partial charge is 0.234 e. The molecule has 0 aliphatic heterocycles. The molecule has 0 aliphatic rings. The minimum atomic E-state index is -0.157. The number of thioether (sulfide) groups is 1. The number of methoxy groups -OCH3 is 2. The number of carbonyl (C=O) groups is 1. The molecule has 27 heavy (non-hydrogen) atoms. The van der Waals surface area contributed by atoms with Crippen LogP contribution in [0.1, 0.15) is 0 Å². The van der Waals surface area contributed by atoms with Gasteiger partial charge in [-0.25, -0.2) is 10.1 Å². The fourth-order valence-corrected chi connectivity index (χ4v) is 3.50. The number of nitrogens with one attached hydrogen (secondary N) is 2. The van der Waals surface area contributed by atoms with E-state index in [1.807, 2.05) is 28.7 Å². The molecule has 0 fully saturated rings. The van der Waals surface area contributed by atoms with E-state index in [-0.39, 0.29) is 11.7 Å². The Morgan fingerprint density at radius 1 is 1.19 bits per heavy atom. The molecule has 0 bridgehead atoms. The van der Waals surface area contributed by atoms with Gasteiger partial charge in [-0.15, -0.1) is 5.10 Å². The first-order chi connectivity index (χ1) is 13.2. The van der Waals surface area contributed by atoms with Gasteiger partial charge in [-0.05, 0) is 12.1 Å². The molecule has 9 heteroatoms. The summed E-state index contributed by atoms with van der Waals surface area (Å²) in [5.74, 6) is 1.91. The van der Waals surface area contributed by atoms with Crippen LogP contribution in [0.5, 0.6) is 11.5 Å². The van der Waals surface area contributed by atoms with Crippen LogP contribution in [0, 0.1) is 0 Å². The average Bonchev–Trinajstić information content (AvgIpc) is 3.25. The van der Waals surface area contributed by atoms with Crippen LogP contribution in [0.25, 0.3) is 16.8 Å². The Labute approximate surface area is 158 Å². The highest BCUT2D eigenvalue weighted by atomic mass is 32.2. The number of anilines is 1. The molecule has 0 spiro atoms. The molecule has 4 aromatic rings. The van der Waals surface area contributed by atoms with E-state index >= 15 is 0 Å². The molecule has 8 nitrogen and oxygen atoms in total.